The second-order valence-electron chi connectivity index (χ2n) is 8.68. The topological polar surface area (TPSA) is 53.1 Å². The maximum atomic E-state index is 12.4. The molecule has 0 radical (unpaired) electrons. The van der Waals surface area contributed by atoms with Gasteiger partial charge >= 0.3 is 0 Å². The molecule has 2 aliphatic rings. The molecule has 1 unspecified atom stereocenters. The number of ether oxygens (including phenoxy) is 1. The van der Waals surface area contributed by atoms with Crippen molar-refractivity contribution in [1.29, 1.82) is 0 Å². The van der Waals surface area contributed by atoms with E-state index in [-0.39, 0.29) is 11.8 Å². The fourth-order valence-corrected chi connectivity index (χ4v) is 4.42. The molecule has 0 aliphatic carbocycles. The summed E-state index contributed by atoms with van der Waals surface area (Å²) in [4.78, 5) is 30.7. The van der Waals surface area contributed by atoms with Crippen molar-refractivity contribution in [2.75, 3.05) is 52.9 Å². The summed E-state index contributed by atoms with van der Waals surface area (Å²) in [7, 11) is 1.82. The van der Waals surface area contributed by atoms with Crippen LogP contribution in [0.1, 0.15) is 77.6 Å². The highest BCUT2D eigenvalue weighted by Crippen LogP contribution is 2.15. The maximum absolute atomic E-state index is 12.4. The number of methoxy groups -OCH3 is 1. The quantitative estimate of drug-likeness (QED) is 0.438. The number of unbranched alkanes of at least 4 members (excludes halogenated alkanes) is 6. The summed E-state index contributed by atoms with van der Waals surface area (Å²) < 4.78 is 5.42. The van der Waals surface area contributed by atoms with Crippen molar-refractivity contribution in [3.05, 3.63) is 0 Å². The van der Waals surface area contributed by atoms with Crippen LogP contribution in [-0.2, 0) is 14.3 Å². The molecule has 0 bridgehead atoms. The number of amides is 2. The average Bonchev–Trinajstić information content (AvgIpc) is 3.20. The lowest BCUT2D eigenvalue weighted by Gasteiger charge is -2.35. The van der Waals surface area contributed by atoms with Crippen LogP contribution in [0.15, 0.2) is 0 Å². The Hall–Kier alpha value is -1.14. The van der Waals surface area contributed by atoms with E-state index in [1.165, 1.54) is 51.6 Å². The van der Waals surface area contributed by atoms with E-state index in [0.29, 0.717) is 45.1 Å². The van der Waals surface area contributed by atoms with Crippen molar-refractivity contribution in [1.82, 2.24) is 14.7 Å². The van der Waals surface area contributed by atoms with E-state index in [2.05, 4.69) is 4.90 Å². The van der Waals surface area contributed by atoms with Gasteiger partial charge in [0.15, 0.2) is 0 Å². The van der Waals surface area contributed by atoms with Crippen LogP contribution in [0.25, 0.3) is 0 Å². The van der Waals surface area contributed by atoms with Gasteiger partial charge in [-0.05, 0) is 32.2 Å². The predicted molar refractivity (Wildman–Crippen MR) is 117 cm³/mol. The predicted octanol–water partition coefficient (Wildman–Crippen LogP) is 3.30. The molecule has 0 saturated carbocycles. The molecule has 0 spiro atoms. The number of likely N-dealkylation sites (tertiary alicyclic amines) is 1. The zero-order chi connectivity index (χ0) is 20.9. The van der Waals surface area contributed by atoms with Gasteiger partial charge in [0.2, 0.25) is 11.8 Å². The molecule has 1 atom stereocenters. The first-order chi connectivity index (χ1) is 14.1. The Bertz CT molecular complexity index is 478. The van der Waals surface area contributed by atoms with Gasteiger partial charge in [0, 0.05) is 59.2 Å². The van der Waals surface area contributed by atoms with Crippen LogP contribution < -0.4 is 0 Å². The summed E-state index contributed by atoms with van der Waals surface area (Å²) in [5, 5.41) is 0. The first-order valence-electron chi connectivity index (χ1n) is 11.9. The summed E-state index contributed by atoms with van der Waals surface area (Å²) in [6, 6.07) is 0. The number of carbonyl (C=O) groups is 2. The molecule has 0 N–H and O–H groups in total. The lowest BCUT2D eigenvalue weighted by atomic mass is 10.1. The molecule has 6 nitrogen and oxygen atoms in total. The second kappa shape index (κ2) is 14.0. The highest BCUT2D eigenvalue weighted by atomic mass is 16.5. The number of nitrogens with zero attached hydrogens (tertiary/aromatic N) is 3. The van der Waals surface area contributed by atoms with Crippen LogP contribution in [0.5, 0.6) is 0 Å². The van der Waals surface area contributed by atoms with Gasteiger partial charge in [-0.2, -0.15) is 0 Å². The molecule has 2 heterocycles. The molecule has 2 fully saturated rings. The molecule has 168 valence electrons. The van der Waals surface area contributed by atoms with E-state index in [1.54, 1.807) is 0 Å². The largest absolute Gasteiger partial charge is 0.380 e. The summed E-state index contributed by atoms with van der Waals surface area (Å²) in [5.41, 5.74) is 0. The fourth-order valence-electron chi connectivity index (χ4n) is 4.42. The van der Waals surface area contributed by atoms with E-state index in [0.717, 1.165) is 25.8 Å². The van der Waals surface area contributed by atoms with Gasteiger partial charge in [-0.25, -0.2) is 0 Å². The maximum Gasteiger partial charge on any atom is 0.222 e. The van der Waals surface area contributed by atoms with Crippen LogP contribution in [-0.4, -0.2) is 85.5 Å². The number of hydrogen-bond acceptors (Lipinski definition) is 4. The minimum atomic E-state index is 0.235. The smallest absolute Gasteiger partial charge is 0.222 e. The van der Waals surface area contributed by atoms with E-state index in [4.69, 9.17) is 4.74 Å². The average molecular weight is 410 g/mol. The van der Waals surface area contributed by atoms with Crippen LogP contribution in [0.2, 0.25) is 0 Å². The van der Waals surface area contributed by atoms with Crippen LogP contribution in [0, 0.1) is 0 Å². The van der Waals surface area contributed by atoms with E-state index >= 15 is 0 Å². The monoisotopic (exact) mass is 409 g/mol. The number of carbonyl (C=O) groups excluding carboxylic acids is 2. The third-order valence-electron chi connectivity index (χ3n) is 6.38. The van der Waals surface area contributed by atoms with Crippen molar-refractivity contribution >= 4 is 11.8 Å². The Morgan fingerprint density at radius 1 is 0.793 bits per heavy atom. The third kappa shape index (κ3) is 9.04. The number of hydrogen-bond donors (Lipinski definition) is 0. The van der Waals surface area contributed by atoms with Gasteiger partial charge in [0.25, 0.3) is 0 Å². The van der Waals surface area contributed by atoms with E-state index < -0.39 is 0 Å². The number of piperazine rings is 1. The van der Waals surface area contributed by atoms with Crippen LogP contribution in [0.3, 0.4) is 0 Å². The minimum Gasteiger partial charge on any atom is -0.380 e. The van der Waals surface area contributed by atoms with Crippen molar-refractivity contribution < 1.29 is 14.3 Å². The van der Waals surface area contributed by atoms with Gasteiger partial charge in [0.1, 0.15) is 0 Å². The molecular weight excluding hydrogens is 366 g/mol. The molecule has 2 rings (SSSR count). The lowest BCUT2D eigenvalue weighted by Crippen LogP contribution is -2.50. The minimum absolute atomic E-state index is 0.235. The van der Waals surface area contributed by atoms with E-state index in [9.17, 15) is 9.59 Å². The van der Waals surface area contributed by atoms with Crippen LogP contribution >= 0.6 is 0 Å². The first kappa shape index (κ1) is 24.1. The normalized spacial score (nSPS) is 20.4. The molecule has 2 amide bonds. The standard InChI is InChI=1S/C23H43N3O3/c1-3-11-22(27)25-16-18-26(19-17-25)23(28)12-9-7-5-4-6-8-10-14-24-15-13-21(20-24)29-2/h21H,3-20H2,1-2H3. The lowest BCUT2D eigenvalue weighted by molar-refractivity contribution is -0.139. The van der Waals surface area contributed by atoms with E-state index in [1.807, 2.05) is 23.8 Å². The Morgan fingerprint density at radius 3 is 1.90 bits per heavy atom. The molecule has 0 aromatic rings. The van der Waals surface area contributed by atoms with Gasteiger partial charge in [-0.3, -0.25) is 9.59 Å². The fraction of sp³-hybridized carbons (Fsp3) is 0.913. The third-order valence-corrected chi connectivity index (χ3v) is 6.38. The highest BCUT2D eigenvalue weighted by molar-refractivity contribution is 5.78. The Balaban J connectivity index is 1.40. The van der Waals surface area contributed by atoms with Crippen molar-refractivity contribution in [3.8, 4) is 0 Å². The van der Waals surface area contributed by atoms with Gasteiger partial charge < -0.3 is 19.4 Å². The Kier molecular flexibility index (Phi) is 11.6. The molecule has 2 saturated heterocycles. The second-order valence-corrected chi connectivity index (χ2v) is 8.68. The van der Waals surface area contributed by atoms with Crippen molar-refractivity contribution in [3.63, 3.8) is 0 Å². The highest BCUT2D eigenvalue weighted by Gasteiger charge is 2.23. The van der Waals surface area contributed by atoms with Crippen LogP contribution in [0.4, 0.5) is 0 Å². The SMILES string of the molecule is CCCC(=O)N1CCN(C(=O)CCCCCCCCCN2CCC(OC)C2)CC1. The number of rotatable bonds is 13. The summed E-state index contributed by atoms with van der Waals surface area (Å²) in [5.74, 6) is 0.506. The zero-order valence-electron chi connectivity index (χ0n) is 18.9. The molecule has 29 heavy (non-hydrogen) atoms. The van der Waals surface area contributed by atoms with Crippen molar-refractivity contribution in [2.24, 2.45) is 0 Å². The molecule has 0 aromatic heterocycles. The molecular formula is C23H43N3O3. The first-order valence-corrected chi connectivity index (χ1v) is 11.9. The Morgan fingerprint density at radius 2 is 1.34 bits per heavy atom. The van der Waals surface area contributed by atoms with Gasteiger partial charge in [0.05, 0.1) is 6.10 Å². The van der Waals surface area contributed by atoms with Gasteiger partial charge in [-0.1, -0.05) is 39.0 Å². The molecule has 0 aromatic carbocycles. The van der Waals surface area contributed by atoms with Gasteiger partial charge in [-0.15, -0.1) is 0 Å². The Labute approximate surface area is 177 Å². The summed E-state index contributed by atoms with van der Waals surface area (Å²) in [6.45, 7) is 8.36. The summed E-state index contributed by atoms with van der Waals surface area (Å²) >= 11 is 0. The molecule has 6 heteroatoms. The molecule has 2 aliphatic heterocycles. The zero-order valence-corrected chi connectivity index (χ0v) is 18.9. The van der Waals surface area contributed by atoms with Crippen molar-refractivity contribution in [2.45, 2.75) is 83.7 Å². The summed E-state index contributed by atoms with van der Waals surface area (Å²) in [6.07, 6.45) is 12.4.